The summed E-state index contributed by atoms with van der Waals surface area (Å²) in [6.45, 7) is 5.25. The molecule has 0 spiro atoms. The van der Waals surface area contributed by atoms with Gasteiger partial charge in [-0.25, -0.2) is 0 Å². The summed E-state index contributed by atoms with van der Waals surface area (Å²) < 4.78 is 2.01. The quantitative estimate of drug-likeness (QED) is 0.701. The summed E-state index contributed by atoms with van der Waals surface area (Å²) in [6, 6.07) is 2.10. The maximum absolute atomic E-state index is 8.65. The zero-order chi connectivity index (χ0) is 8.27. The first kappa shape index (κ1) is 8.34. The van der Waals surface area contributed by atoms with E-state index in [1.54, 1.807) is 0 Å². The van der Waals surface area contributed by atoms with E-state index in [1.807, 2.05) is 10.8 Å². The highest BCUT2D eigenvalue weighted by Crippen LogP contribution is 2.13. The van der Waals surface area contributed by atoms with Gasteiger partial charge in [0.25, 0.3) is 0 Å². The largest absolute Gasteiger partial charge is 0.395 e. The van der Waals surface area contributed by atoms with Crippen molar-refractivity contribution in [2.45, 2.75) is 26.3 Å². The summed E-state index contributed by atoms with van der Waals surface area (Å²) in [6.07, 6.45) is 4.09. The SMILES string of the molecule is CC(C)c1ccn(CCO)c1. The zero-order valence-corrected chi connectivity index (χ0v) is 7.12. The summed E-state index contributed by atoms with van der Waals surface area (Å²) in [4.78, 5) is 0. The lowest BCUT2D eigenvalue weighted by molar-refractivity contribution is 0.276. The lowest BCUT2D eigenvalue weighted by atomic mass is 10.1. The van der Waals surface area contributed by atoms with Gasteiger partial charge in [-0.1, -0.05) is 13.8 Å². The molecule has 0 aromatic carbocycles. The Labute approximate surface area is 67.5 Å². The van der Waals surface area contributed by atoms with Crippen molar-refractivity contribution in [2.75, 3.05) is 6.61 Å². The number of hydrogen-bond donors (Lipinski definition) is 1. The second-order valence-corrected chi connectivity index (χ2v) is 3.06. The summed E-state index contributed by atoms with van der Waals surface area (Å²) in [5, 5.41) is 8.65. The van der Waals surface area contributed by atoms with E-state index in [0.29, 0.717) is 12.5 Å². The molecule has 2 heteroatoms. The van der Waals surface area contributed by atoms with Gasteiger partial charge in [0.2, 0.25) is 0 Å². The van der Waals surface area contributed by atoms with Crippen molar-refractivity contribution in [2.24, 2.45) is 0 Å². The van der Waals surface area contributed by atoms with E-state index in [0.717, 1.165) is 0 Å². The molecular formula is C9H15NO. The molecule has 0 aliphatic carbocycles. The van der Waals surface area contributed by atoms with Crippen molar-refractivity contribution in [3.05, 3.63) is 24.0 Å². The maximum Gasteiger partial charge on any atom is 0.0610 e. The minimum absolute atomic E-state index is 0.214. The fraction of sp³-hybridized carbons (Fsp3) is 0.556. The molecule has 0 bridgehead atoms. The van der Waals surface area contributed by atoms with Crippen LogP contribution >= 0.6 is 0 Å². The average molecular weight is 153 g/mol. The van der Waals surface area contributed by atoms with Crippen LogP contribution in [0.25, 0.3) is 0 Å². The third-order valence-corrected chi connectivity index (χ3v) is 1.80. The van der Waals surface area contributed by atoms with Crippen LogP contribution in [-0.2, 0) is 6.54 Å². The van der Waals surface area contributed by atoms with E-state index in [-0.39, 0.29) is 6.61 Å². The second-order valence-electron chi connectivity index (χ2n) is 3.06. The summed E-state index contributed by atoms with van der Waals surface area (Å²) in [5.41, 5.74) is 1.33. The first-order valence-corrected chi connectivity index (χ1v) is 4.00. The van der Waals surface area contributed by atoms with Crippen LogP contribution < -0.4 is 0 Å². The van der Waals surface area contributed by atoms with Crippen molar-refractivity contribution < 1.29 is 5.11 Å². The van der Waals surface area contributed by atoms with Gasteiger partial charge in [-0.15, -0.1) is 0 Å². The van der Waals surface area contributed by atoms with Crippen molar-refractivity contribution >= 4 is 0 Å². The Morgan fingerprint density at radius 3 is 2.73 bits per heavy atom. The molecule has 0 saturated carbocycles. The lowest BCUT2D eigenvalue weighted by Gasteiger charge is -2.00. The van der Waals surface area contributed by atoms with Gasteiger partial charge in [0.05, 0.1) is 6.61 Å². The van der Waals surface area contributed by atoms with E-state index in [1.165, 1.54) is 5.56 Å². The molecule has 1 heterocycles. The number of aromatic nitrogens is 1. The number of aliphatic hydroxyl groups excluding tert-OH is 1. The molecule has 0 radical (unpaired) electrons. The highest BCUT2D eigenvalue weighted by molar-refractivity contribution is 5.14. The van der Waals surface area contributed by atoms with Crippen LogP contribution in [0.15, 0.2) is 18.5 Å². The van der Waals surface area contributed by atoms with Crippen LogP contribution in [0.3, 0.4) is 0 Å². The molecule has 1 N–H and O–H groups in total. The Morgan fingerprint density at radius 2 is 2.27 bits per heavy atom. The van der Waals surface area contributed by atoms with Crippen molar-refractivity contribution in [1.29, 1.82) is 0 Å². The van der Waals surface area contributed by atoms with E-state index >= 15 is 0 Å². The molecule has 0 saturated heterocycles. The number of aliphatic hydroxyl groups is 1. The van der Waals surface area contributed by atoms with Gasteiger partial charge < -0.3 is 9.67 Å². The van der Waals surface area contributed by atoms with Gasteiger partial charge in [-0.3, -0.25) is 0 Å². The van der Waals surface area contributed by atoms with E-state index in [2.05, 4.69) is 26.1 Å². The molecule has 0 fully saturated rings. The standard InChI is InChI=1S/C9H15NO/c1-8(2)9-3-4-10(7-9)5-6-11/h3-4,7-8,11H,5-6H2,1-2H3. The first-order chi connectivity index (χ1) is 5.24. The Bertz CT molecular complexity index is 215. The monoisotopic (exact) mass is 153 g/mol. The van der Waals surface area contributed by atoms with Gasteiger partial charge in [-0.2, -0.15) is 0 Å². The minimum atomic E-state index is 0.214. The summed E-state index contributed by atoms with van der Waals surface area (Å²) >= 11 is 0. The summed E-state index contributed by atoms with van der Waals surface area (Å²) in [5.74, 6) is 0.579. The molecule has 0 aliphatic heterocycles. The fourth-order valence-corrected chi connectivity index (χ4v) is 1.06. The van der Waals surface area contributed by atoms with Gasteiger partial charge in [-0.05, 0) is 17.5 Å². The van der Waals surface area contributed by atoms with Crippen LogP contribution in [-0.4, -0.2) is 16.3 Å². The Balaban J connectivity index is 2.66. The molecule has 0 unspecified atom stereocenters. The van der Waals surface area contributed by atoms with E-state index in [4.69, 9.17) is 5.11 Å². The molecule has 0 aliphatic rings. The highest BCUT2D eigenvalue weighted by atomic mass is 16.3. The Hall–Kier alpha value is -0.760. The lowest BCUT2D eigenvalue weighted by Crippen LogP contribution is -1.98. The maximum atomic E-state index is 8.65. The van der Waals surface area contributed by atoms with Crippen LogP contribution in [0, 0.1) is 0 Å². The van der Waals surface area contributed by atoms with Crippen molar-refractivity contribution in [3.63, 3.8) is 0 Å². The predicted molar refractivity (Wildman–Crippen MR) is 45.6 cm³/mol. The van der Waals surface area contributed by atoms with Crippen LogP contribution in [0.4, 0.5) is 0 Å². The first-order valence-electron chi connectivity index (χ1n) is 4.00. The molecule has 0 amide bonds. The van der Waals surface area contributed by atoms with E-state index in [9.17, 15) is 0 Å². The predicted octanol–water partition coefficient (Wildman–Crippen LogP) is 1.60. The fourth-order valence-electron chi connectivity index (χ4n) is 1.06. The average Bonchev–Trinajstić information content (AvgIpc) is 2.37. The third kappa shape index (κ3) is 2.09. The molecule has 1 aromatic heterocycles. The number of nitrogens with zero attached hydrogens (tertiary/aromatic N) is 1. The van der Waals surface area contributed by atoms with Gasteiger partial charge in [0.1, 0.15) is 0 Å². The normalized spacial score (nSPS) is 10.9. The number of hydrogen-bond acceptors (Lipinski definition) is 1. The molecule has 0 atom stereocenters. The van der Waals surface area contributed by atoms with E-state index < -0.39 is 0 Å². The van der Waals surface area contributed by atoms with Crippen LogP contribution in [0.5, 0.6) is 0 Å². The van der Waals surface area contributed by atoms with Crippen LogP contribution in [0.2, 0.25) is 0 Å². The molecule has 1 aromatic rings. The zero-order valence-electron chi connectivity index (χ0n) is 7.12. The highest BCUT2D eigenvalue weighted by Gasteiger charge is 1.99. The Kier molecular flexibility index (Phi) is 2.71. The molecule has 11 heavy (non-hydrogen) atoms. The molecule has 62 valence electrons. The van der Waals surface area contributed by atoms with Crippen molar-refractivity contribution in [1.82, 2.24) is 4.57 Å². The molecular weight excluding hydrogens is 138 g/mol. The van der Waals surface area contributed by atoms with Crippen LogP contribution in [0.1, 0.15) is 25.3 Å². The summed E-state index contributed by atoms with van der Waals surface area (Å²) in [7, 11) is 0. The molecule has 2 nitrogen and oxygen atoms in total. The molecule has 1 rings (SSSR count). The van der Waals surface area contributed by atoms with Gasteiger partial charge in [0, 0.05) is 18.9 Å². The Morgan fingerprint density at radius 1 is 1.55 bits per heavy atom. The van der Waals surface area contributed by atoms with Gasteiger partial charge >= 0.3 is 0 Å². The second kappa shape index (κ2) is 3.58. The number of rotatable bonds is 3. The smallest absolute Gasteiger partial charge is 0.0610 e. The third-order valence-electron chi connectivity index (χ3n) is 1.80. The topological polar surface area (TPSA) is 25.2 Å². The van der Waals surface area contributed by atoms with Gasteiger partial charge in [0.15, 0.2) is 0 Å². The minimum Gasteiger partial charge on any atom is -0.395 e. The van der Waals surface area contributed by atoms with Crippen molar-refractivity contribution in [3.8, 4) is 0 Å².